The first-order valence-electron chi connectivity index (χ1n) is 18.9. The van der Waals surface area contributed by atoms with Crippen LogP contribution in [0.3, 0.4) is 0 Å². The molecule has 0 aliphatic rings. The van der Waals surface area contributed by atoms with E-state index in [1.807, 2.05) is 66.7 Å². The molecule has 0 bridgehead atoms. The van der Waals surface area contributed by atoms with Gasteiger partial charge in [0.1, 0.15) is 11.2 Å². The number of rotatable bonds is 5. The summed E-state index contributed by atoms with van der Waals surface area (Å²) in [5.41, 5.74) is 10.3. The van der Waals surface area contributed by atoms with Crippen molar-refractivity contribution in [2.75, 3.05) is 0 Å². The molecule has 0 saturated heterocycles. The van der Waals surface area contributed by atoms with Gasteiger partial charge in [0, 0.05) is 49.3 Å². The van der Waals surface area contributed by atoms with Crippen LogP contribution < -0.4 is 0 Å². The lowest BCUT2D eigenvalue weighted by atomic mass is 9.88. The Balaban J connectivity index is 1.14. The van der Waals surface area contributed by atoms with E-state index in [1.54, 1.807) is 0 Å². The molecule has 12 rings (SSSR count). The molecule has 0 N–H and O–H groups in total. The quantitative estimate of drug-likeness (QED) is 0.167. The first-order valence-corrected chi connectivity index (χ1v) is 18.9. The fourth-order valence-corrected chi connectivity index (χ4v) is 8.80. The van der Waals surface area contributed by atoms with Gasteiger partial charge in [-0.3, -0.25) is 0 Å². The second kappa shape index (κ2) is 11.9. The zero-order valence-corrected chi connectivity index (χ0v) is 30.0. The van der Waals surface area contributed by atoms with Gasteiger partial charge in [0.05, 0.1) is 11.0 Å². The maximum atomic E-state index is 6.61. The fraction of sp³-hybridized carbons (Fsp3) is 0. The van der Waals surface area contributed by atoms with E-state index < -0.39 is 0 Å². The van der Waals surface area contributed by atoms with Gasteiger partial charge in [-0.15, -0.1) is 0 Å². The third kappa shape index (κ3) is 4.52. The van der Waals surface area contributed by atoms with Crippen LogP contribution in [0.2, 0.25) is 0 Å². The predicted octanol–water partition coefficient (Wildman–Crippen LogP) is 13.3. The summed E-state index contributed by atoms with van der Waals surface area (Å²) in [4.78, 5) is 15.0. The van der Waals surface area contributed by atoms with Crippen LogP contribution in [-0.4, -0.2) is 19.5 Å². The number of benzene rings is 9. The largest absolute Gasteiger partial charge is 0.456 e. The highest BCUT2D eigenvalue weighted by molar-refractivity contribution is 6.37. The number of hydrogen-bond acceptors (Lipinski definition) is 4. The van der Waals surface area contributed by atoms with E-state index in [1.165, 1.54) is 48.9 Å². The Kier molecular flexibility index (Phi) is 6.56. The molecule has 260 valence electrons. The lowest BCUT2D eigenvalue weighted by Gasteiger charge is -2.14. The van der Waals surface area contributed by atoms with Crippen LogP contribution in [0.25, 0.3) is 116 Å². The summed E-state index contributed by atoms with van der Waals surface area (Å²) in [5.74, 6) is 1.87. The lowest BCUT2D eigenvalue weighted by molar-refractivity contribution is 0.669. The Labute approximate surface area is 321 Å². The van der Waals surface area contributed by atoms with Crippen molar-refractivity contribution in [2.45, 2.75) is 0 Å². The Morgan fingerprint density at radius 2 is 0.911 bits per heavy atom. The molecular formula is C51H30N4O. The van der Waals surface area contributed by atoms with E-state index in [0.717, 1.165) is 49.9 Å². The van der Waals surface area contributed by atoms with Crippen molar-refractivity contribution < 1.29 is 4.42 Å². The summed E-state index contributed by atoms with van der Waals surface area (Å²) in [7, 11) is 0. The fourth-order valence-electron chi connectivity index (χ4n) is 8.80. The molecular weight excluding hydrogens is 685 g/mol. The number of fused-ring (bicyclic) bond motifs is 6. The van der Waals surface area contributed by atoms with Crippen LogP contribution in [0.15, 0.2) is 186 Å². The molecule has 0 unspecified atom stereocenters. The lowest BCUT2D eigenvalue weighted by Crippen LogP contribution is -2.00. The van der Waals surface area contributed by atoms with Gasteiger partial charge in [-0.05, 0) is 75.8 Å². The van der Waals surface area contributed by atoms with Crippen LogP contribution >= 0.6 is 0 Å². The highest BCUT2D eigenvalue weighted by atomic mass is 16.3. The molecule has 56 heavy (non-hydrogen) atoms. The number of furan rings is 1. The minimum absolute atomic E-state index is 0.609. The molecule has 0 saturated carbocycles. The zero-order valence-electron chi connectivity index (χ0n) is 30.0. The van der Waals surface area contributed by atoms with Gasteiger partial charge in [-0.1, -0.05) is 133 Å². The Morgan fingerprint density at radius 3 is 1.64 bits per heavy atom. The average Bonchev–Trinajstić information content (AvgIpc) is 3.83. The summed E-state index contributed by atoms with van der Waals surface area (Å²) >= 11 is 0. The summed E-state index contributed by atoms with van der Waals surface area (Å²) in [6.07, 6.45) is 0. The molecule has 3 heterocycles. The molecule has 9 aromatic carbocycles. The van der Waals surface area contributed by atoms with Gasteiger partial charge in [-0.2, -0.15) is 0 Å². The summed E-state index contributed by atoms with van der Waals surface area (Å²) in [6, 6.07) is 63.7. The molecule has 5 heteroatoms. The second-order valence-electron chi connectivity index (χ2n) is 14.3. The van der Waals surface area contributed by atoms with Crippen molar-refractivity contribution in [3.63, 3.8) is 0 Å². The van der Waals surface area contributed by atoms with E-state index in [9.17, 15) is 0 Å². The molecule has 0 atom stereocenters. The Morgan fingerprint density at radius 1 is 0.339 bits per heavy atom. The van der Waals surface area contributed by atoms with Gasteiger partial charge in [0.25, 0.3) is 0 Å². The molecule has 0 radical (unpaired) electrons. The van der Waals surface area contributed by atoms with Crippen LogP contribution in [-0.2, 0) is 0 Å². The third-order valence-electron chi connectivity index (χ3n) is 11.2. The molecule has 0 fully saturated rings. The SMILES string of the molecule is c1ccc(-c2nc(-c3ccccc3)nc(-c3ccc4oc5cccc(-c6ccc7c8c6c6ccccc6c6cccc(c68)n7-c6ccccc6)c5c4c3)n2)cc1. The first-order chi connectivity index (χ1) is 27.8. The topological polar surface area (TPSA) is 56.7 Å². The van der Waals surface area contributed by atoms with E-state index in [0.29, 0.717) is 17.5 Å². The van der Waals surface area contributed by atoms with Crippen LogP contribution in [0.4, 0.5) is 0 Å². The average molecular weight is 715 g/mol. The Bertz CT molecular complexity index is 3400. The Hall–Kier alpha value is -7.63. The highest BCUT2D eigenvalue weighted by Gasteiger charge is 2.24. The smallest absolute Gasteiger partial charge is 0.164 e. The minimum Gasteiger partial charge on any atom is -0.456 e. The second-order valence-corrected chi connectivity index (χ2v) is 14.3. The van der Waals surface area contributed by atoms with Crippen molar-refractivity contribution in [1.82, 2.24) is 19.5 Å². The molecule has 0 amide bonds. The van der Waals surface area contributed by atoms with Crippen molar-refractivity contribution in [3.8, 4) is 51.0 Å². The van der Waals surface area contributed by atoms with Gasteiger partial charge >= 0.3 is 0 Å². The summed E-state index contributed by atoms with van der Waals surface area (Å²) in [6.45, 7) is 0. The summed E-state index contributed by atoms with van der Waals surface area (Å²) < 4.78 is 9.02. The molecule has 0 aliphatic heterocycles. The molecule has 5 nitrogen and oxygen atoms in total. The van der Waals surface area contributed by atoms with E-state index >= 15 is 0 Å². The maximum Gasteiger partial charge on any atom is 0.164 e. The van der Waals surface area contributed by atoms with Gasteiger partial charge < -0.3 is 8.98 Å². The molecule has 0 spiro atoms. The van der Waals surface area contributed by atoms with Crippen LogP contribution in [0.5, 0.6) is 0 Å². The molecule has 3 aromatic heterocycles. The normalized spacial score (nSPS) is 11.9. The van der Waals surface area contributed by atoms with E-state index in [-0.39, 0.29) is 0 Å². The highest BCUT2D eigenvalue weighted by Crippen LogP contribution is 2.49. The van der Waals surface area contributed by atoms with Crippen molar-refractivity contribution >= 4 is 65.3 Å². The number of nitrogens with zero attached hydrogens (tertiary/aromatic N) is 4. The zero-order chi connectivity index (χ0) is 36.7. The standard InChI is InChI=1S/C51H30N4O/c1-4-14-31(15-5-1)49-52-50(32-16-6-2-7-17-32)54-51(53-49)33-26-29-43-40(30-33)45-38(23-13-25-44(45)56-43)39-27-28-42-48-46(39)36-21-11-10-20-35(36)37-22-12-24-41(47(37)48)55(42)34-18-8-3-9-19-34/h1-30H. The van der Waals surface area contributed by atoms with Gasteiger partial charge in [-0.25, -0.2) is 15.0 Å². The number of hydrogen-bond donors (Lipinski definition) is 0. The third-order valence-corrected chi connectivity index (χ3v) is 11.2. The number of aromatic nitrogens is 4. The monoisotopic (exact) mass is 714 g/mol. The van der Waals surface area contributed by atoms with Gasteiger partial charge in [0.15, 0.2) is 17.5 Å². The van der Waals surface area contributed by atoms with Crippen LogP contribution in [0.1, 0.15) is 0 Å². The van der Waals surface area contributed by atoms with Gasteiger partial charge in [0.2, 0.25) is 0 Å². The van der Waals surface area contributed by atoms with E-state index in [4.69, 9.17) is 19.4 Å². The predicted molar refractivity (Wildman–Crippen MR) is 229 cm³/mol. The first kappa shape index (κ1) is 30.8. The molecule has 0 aliphatic carbocycles. The summed E-state index contributed by atoms with van der Waals surface area (Å²) in [5, 5.41) is 9.62. The van der Waals surface area contributed by atoms with E-state index in [2.05, 4.69) is 120 Å². The maximum absolute atomic E-state index is 6.61. The van der Waals surface area contributed by atoms with Crippen molar-refractivity contribution in [1.29, 1.82) is 0 Å². The molecule has 12 aromatic rings. The van der Waals surface area contributed by atoms with Crippen molar-refractivity contribution in [3.05, 3.63) is 182 Å². The van der Waals surface area contributed by atoms with Crippen molar-refractivity contribution in [2.24, 2.45) is 0 Å². The van der Waals surface area contributed by atoms with Crippen LogP contribution in [0, 0.1) is 0 Å². The minimum atomic E-state index is 0.609. The number of para-hydroxylation sites is 1.